The van der Waals surface area contributed by atoms with Gasteiger partial charge in [-0.05, 0) is 59.7 Å². The highest BCUT2D eigenvalue weighted by molar-refractivity contribution is 5.95. The number of aromatic amines is 1. The lowest BCUT2D eigenvalue weighted by atomic mass is 10.0. The molecule has 4 rings (SSSR count). The van der Waals surface area contributed by atoms with E-state index >= 15 is 0 Å². The normalized spacial score (nSPS) is 11.6. The van der Waals surface area contributed by atoms with E-state index in [2.05, 4.69) is 25.6 Å². The van der Waals surface area contributed by atoms with Crippen LogP contribution < -0.4 is 21.5 Å². The number of alkyl halides is 3. The topological polar surface area (TPSA) is 194 Å². The van der Waals surface area contributed by atoms with Crippen LogP contribution in [0.25, 0.3) is 5.82 Å². The van der Waals surface area contributed by atoms with Gasteiger partial charge in [-0.1, -0.05) is 6.07 Å². The Kier molecular flexibility index (Phi) is 9.76. The van der Waals surface area contributed by atoms with Gasteiger partial charge in [0.1, 0.15) is 17.6 Å². The summed E-state index contributed by atoms with van der Waals surface area (Å²) in [5.74, 6) is -1.48. The van der Waals surface area contributed by atoms with Crippen molar-refractivity contribution in [2.45, 2.75) is 18.8 Å². The number of nitrogens with zero attached hydrogens (tertiary/aromatic N) is 4. The minimum atomic E-state index is -5.08. The van der Waals surface area contributed by atoms with Crippen LogP contribution >= 0.6 is 0 Å². The average molecular weight is 575 g/mol. The molecule has 13 nitrogen and oxygen atoms in total. The van der Waals surface area contributed by atoms with E-state index in [0.29, 0.717) is 29.6 Å². The van der Waals surface area contributed by atoms with Gasteiger partial charge in [0.15, 0.2) is 11.6 Å². The molecule has 0 fully saturated rings. The van der Waals surface area contributed by atoms with Crippen molar-refractivity contribution in [3.8, 4) is 11.6 Å². The molecule has 0 aliphatic heterocycles. The fourth-order valence-electron chi connectivity index (χ4n) is 3.48. The second-order valence-corrected chi connectivity index (χ2v) is 8.23. The summed E-state index contributed by atoms with van der Waals surface area (Å²) < 4.78 is 43.7. The molecule has 1 atom stereocenters. The van der Waals surface area contributed by atoms with Crippen LogP contribution in [0.3, 0.4) is 0 Å². The number of carboxylic acids is 1. The third-order valence-electron chi connectivity index (χ3n) is 5.30. The van der Waals surface area contributed by atoms with Crippen LogP contribution in [0.1, 0.15) is 28.6 Å². The summed E-state index contributed by atoms with van der Waals surface area (Å²) in [5, 5.41) is 30.4. The highest BCUT2D eigenvalue weighted by Crippen LogP contribution is 2.29. The molecule has 0 saturated heterocycles. The van der Waals surface area contributed by atoms with Crippen molar-refractivity contribution in [2.75, 3.05) is 19.5 Å². The zero-order valence-electron chi connectivity index (χ0n) is 21.6. The number of rotatable bonds is 9. The number of carbonyl (C=O) groups is 1. The van der Waals surface area contributed by atoms with Crippen LogP contribution in [-0.4, -0.2) is 62.3 Å². The molecule has 6 N–H and O–H groups in total. The van der Waals surface area contributed by atoms with Crippen molar-refractivity contribution in [1.29, 1.82) is 5.41 Å². The van der Waals surface area contributed by atoms with Gasteiger partial charge in [-0.2, -0.15) is 23.0 Å². The predicted octanol–water partition coefficient (Wildman–Crippen LogP) is 2.62. The van der Waals surface area contributed by atoms with Gasteiger partial charge in [-0.3, -0.25) is 10.4 Å². The molecule has 16 heteroatoms. The fraction of sp³-hybridized carbons (Fsp3) is 0.200. The van der Waals surface area contributed by atoms with E-state index in [4.69, 9.17) is 30.5 Å². The Morgan fingerprint density at radius 2 is 1.88 bits per heavy atom. The number of aromatic nitrogens is 5. The quantitative estimate of drug-likeness (QED) is 0.146. The largest absolute Gasteiger partial charge is 0.497 e. The molecule has 0 unspecified atom stereocenters. The van der Waals surface area contributed by atoms with E-state index in [1.165, 1.54) is 6.20 Å². The van der Waals surface area contributed by atoms with Crippen LogP contribution in [-0.2, 0) is 16.1 Å². The Bertz CT molecular complexity index is 1540. The van der Waals surface area contributed by atoms with E-state index in [9.17, 15) is 18.0 Å². The summed E-state index contributed by atoms with van der Waals surface area (Å²) in [7, 11) is 3.20. The lowest BCUT2D eigenvalue weighted by molar-refractivity contribution is -0.192. The third-order valence-corrected chi connectivity index (χ3v) is 5.30. The number of ether oxygens (including phenoxy) is 2. The number of carboxylic acid groups (broad SMARTS) is 1. The Labute approximate surface area is 230 Å². The summed E-state index contributed by atoms with van der Waals surface area (Å²) in [6.45, 7) is 0.384. The van der Waals surface area contributed by atoms with Gasteiger partial charge < -0.3 is 25.6 Å². The molecule has 0 amide bonds. The Morgan fingerprint density at radius 3 is 2.41 bits per heavy atom. The second-order valence-electron chi connectivity index (χ2n) is 8.23. The van der Waals surface area contributed by atoms with Gasteiger partial charge in [0.2, 0.25) is 0 Å². The molecular weight excluding hydrogens is 549 g/mol. The van der Waals surface area contributed by atoms with Crippen LogP contribution in [0.15, 0.2) is 65.6 Å². The van der Waals surface area contributed by atoms with Crippen LogP contribution in [0.4, 0.5) is 18.9 Å². The number of nitrogens with one attached hydrogen (secondary N) is 3. The highest BCUT2D eigenvalue weighted by Gasteiger charge is 2.38. The molecule has 0 bridgehead atoms. The van der Waals surface area contributed by atoms with Crippen LogP contribution in [0.5, 0.6) is 5.75 Å². The number of methoxy groups -OCH3 is 2. The number of H-pyrrole nitrogens is 1. The van der Waals surface area contributed by atoms with Gasteiger partial charge in [0.25, 0.3) is 0 Å². The summed E-state index contributed by atoms with van der Waals surface area (Å²) in [4.78, 5) is 24.4. The SMILES string of the molecule is COCc1cc(OC)cc([C@H](Nc2ccc(C(=N)N)cc2)c2nn(-c3cccnn3)c(=O)[nH]2)c1.O=C(O)C(F)(F)F. The zero-order chi connectivity index (χ0) is 30.2. The zero-order valence-corrected chi connectivity index (χ0v) is 21.6. The Hall–Kier alpha value is -5.25. The summed E-state index contributed by atoms with van der Waals surface area (Å²) in [6, 6.07) is 15.5. The third kappa shape index (κ3) is 8.12. The summed E-state index contributed by atoms with van der Waals surface area (Å²) in [6.07, 6.45) is -3.56. The summed E-state index contributed by atoms with van der Waals surface area (Å²) >= 11 is 0. The van der Waals surface area contributed by atoms with Crippen molar-refractivity contribution in [3.63, 3.8) is 0 Å². The molecule has 216 valence electrons. The average Bonchev–Trinajstić information content (AvgIpc) is 3.33. The standard InChI is InChI=1S/C23H24N8O3.C2HF3O2/c1-33-13-14-10-16(12-18(11-14)34-2)20(27-17-7-5-15(6-8-17)21(24)25)22-28-23(32)31(30-22)19-4-3-9-26-29-19;3-2(4,5)1(6)7/h3-12,20,27H,13H2,1-2H3,(H3,24,25)(H,28,30,32);(H,6,7)/t20-;/m0./s1. The lowest BCUT2D eigenvalue weighted by Crippen LogP contribution is -2.21. The molecule has 0 radical (unpaired) electrons. The predicted molar refractivity (Wildman–Crippen MR) is 140 cm³/mol. The first-order valence-electron chi connectivity index (χ1n) is 11.6. The highest BCUT2D eigenvalue weighted by atomic mass is 19.4. The Balaban J connectivity index is 0.000000587. The first-order chi connectivity index (χ1) is 19.4. The first-order valence-corrected chi connectivity index (χ1v) is 11.6. The van der Waals surface area contributed by atoms with Crippen LogP contribution in [0.2, 0.25) is 0 Å². The lowest BCUT2D eigenvalue weighted by Gasteiger charge is -2.20. The minimum Gasteiger partial charge on any atom is -0.497 e. The van der Waals surface area contributed by atoms with Crippen molar-refractivity contribution in [2.24, 2.45) is 5.73 Å². The van der Waals surface area contributed by atoms with Crippen molar-refractivity contribution >= 4 is 17.5 Å². The Morgan fingerprint density at radius 1 is 1.20 bits per heavy atom. The number of amidine groups is 1. The molecule has 0 saturated carbocycles. The number of anilines is 1. The maximum absolute atomic E-state index is 12.7. The summed E-state index contributed by atoms with van der Waals surface area (Å²) in [5.41, 5.74) is 8.15. The molecule has 2 aromatic carbocycles. The molecule has 2 aromatic heterocycles. The van der Waals surface area contributed by atoms with E-state index in [-0.39, 0.29) is 5.84 Å². The number of hydrogen-bond acceptors (Lipinski definition) is 9. The van der Waals surface area contributed by atoms with Crippen LogP contribution in [0, 0.1) is 5.41 Å². The maximum Gasteiger partial charge on any atom is 0.490 e. The molecule has 0 spiro atoms. The van der Waals surface area contributed by atoms with Gasteiger partial charge in [0, 0.05) is 24.6 Å². The molecule has 0 aliphatic carbocycles. The number of nitrogens with two attached hydrogens (primary N) is 1. The smallest absolute Gasteiger partial charge is 0.490 e. The maximum atomic E-state index is 12.7. The van der Waals surface area contributed by atoms with E-state index in [1.54, 1.807) is 50.6 Å². The van der Waals surface area contributed by atoms with E-state index in [0.717, 1.165) is 21.5 Å². The number of aliphatic carboxylic acids is 1. The molecule has 2 heterocycles. The van der Waals surface area contributed by atoms with Crippen molar-refractivity contribution in [3.05, 3.63) is 93.8 Å². The molecule has 41 heavy (non-hydrogen) atoms. The monoisotopic (exact) mass is 574 g/mol. The van der Waals surface area contributed by atoms with Crippen molar-refractivity contribution < 1.29 is 32.5 Å². The number of hydrogen-bond donors (Lipinski definition) is 5. The number of nitrogen functional groups attached to an aromatic ring is 1. The van der Waals surface area contributed by atoms with E-state index < -0.39 is 23.9 Å². The molecule has 0 aliphatic rings. The minimum absolute atomic E-state index is 0.0212. The van der Waals surface area contributed by atoms with Gasteiger partial charge in [0.05, 0.1) is 13.7 Å². The second kappa shape index (κ2) is 13.2. The van der Waals surface area contributed by atoms with Gasteiger partial charge in [-0.25, -0.2) is 9.59 Å². The van der Waals surface area contributed by atoms with Gasteiger partial charge >= 0.3 is 17.8 Å². The number of halogens is 3. The van der Waals surface area contributed by atoms with Gasteiger partial charge in [-0.15, -0.1) is 10.2 Å². The fourth-order valence-corrected chi connectivity index (χ4v) is 3.48. The molecular formula is C25H25F3N8O5. The van der Waals surface area contributed by atoms with Crippen molar-refractivity contribution in [1.82, 2.24) is 25.0 Å². The van der Waals surface area contributed by atoms with E-state index in [1.807, 2.05) is 18.2 Å². The molecule has 4 aromatic rings. The number of benzene rings is 2. The first kappa shape index (κ1) is 30.3.